The Labute approximate surface area is 116 Å². The number of benzene rings is 2. The fourth-order valence-electron chi connectivity index (χ4n) is 1.72. The summed E-state index contributed by atoms with van der Waals surface area (Å²) in [7, 11) is 3.40. The quantitative estimate of drug-likeness (QED) is 0.456. The molecule has 3 heteroatoms. The number of hydrogen-bond donors (Lipinski definition) is 0. The lowest BCUT2D eigenvalue weighted by Gasteiger charge is -2.06. The Bertz CT molecular complexity index is 520. The van der Waals surface area contributed by atoms with Crippen LogP contribution in [0, 0.1) is 0 Å². The van der Waals surface area contributed by atoms with Crippen molar-refractivity contribution in [2.75, 3.05) is 6.61 Å². The number of hydrogen-bond acceptors (Lipinski definition) is 2. The number of ether oxygens (including phenoxy) is 1. The van der Waals surface area contributed by atoms with Crippen LogP contribution < -0.4 is 4.74 Å². The Kier molecular flexibility index (Phi) is 4.92. The summed E-state index contributed by atoms with van der Waals surface area (Å²) >= 11 is 0. The smallest absolute Gasteiger partial charge is 0.193 e. The van der Waals surface area contributed by atoms with Crippen LogP contribution in [0.4, 0.5) is 0 Å². The van der Waals surface area contributed by atoms with E-state index in [0.717, 1.165) is 18.2 Å². The molecular formula is C16H15O2Si. The summed E-state index contributed by atoms with van der Waals surface area (Å²) in [6, 6.07) is 17.5. The highest BCUT2D eigenvalue weighted by Gasteiger charge is 2.08. The Morgan fingerprint density at radius 3 is 2.21 bits per heavy atom. The summed E-state index contributed by atoms with van der Waals surface area (Å²) < 4.78 is 5.54. The molecule has 0 amide bonds. The minimum Gasteiger partial charge on any atom is -0.494 e. The highest BCUT2D eigenvalue weighted by Crippen LogP contribution is 2.15. The van der Waals surface area contributed by atoms with Gasteiger partial charge < -0.3 is 4.74 Å². The molecule has 0 fully saturated rings. The van der Waals surface area contributed by atoms with Crippen molar-refractivity contribution in [2.24, 2.45) is 0 Å². The summed E-state index contributed by atoms with van der Waals surface area (Å²) in [6.45, 7) is 0.676. The molecule has 2 aromatic carbocycles. The minimum atomic E-state index is 0.0345. The van der Waals surface area contributed by atoms with Gasteiger partial charge in [-0.15, -0.1) is 0 Å². The van der Waals surface area contributed by atoms with Gasteiger partial charge in [0.05, 0.1) is 6.61 Å². The molecule has 2 rings (SSSR count). The summed E-state index contributed by atoms with van der Waals surface area (Å²) in [6.07, 6.45) is 0.960. The highest BCUT2D eigenvalue weighted by molar-refractivity contribution is 6.09. The van der Waals surface area contributed by atoms with Crippen molar-refractivity contribution < 1.29 is 9.53 Å². The van der Waals surface area contributed by atoms with E-state index in [9.17, 15) is 4.79 Å². The Hall–Kier alpha value is -1.87. The molecule has 0 aliphatic rings. The largest absolute Gasteiger partial charge is 0.494 e. The van der Waals surface area contributed by atoms with Crippen molar-refractivity contribution in [1.82, 2.24) is 0 Å². The van der Waals surface area contributed by atoms with E-state index in [-0.39, 0.29) is 5.78 Å². The van der Waals surface area contributed by atoms with Crippen molar-refractivity contribution in [3.63, 3.8) is 0 Å². The third-order valence-corrected chi connectivity index (χ3v) is 3.10. The summed E-state index contributed by atoms with van der Waals surface area (Å²) in [4.78, 5) is 12.2. The van der Waals surface area contributed by atoms with Crippen molar-refractivity contribution in [1.29, 1.82) is 0 Å². The highest BCUT2D eigenvalue weighted by atomic mass is 28.1. The van der Waals surface area contributed by atoms with Gasteiger partial charge in [0.25, 0.3) is 0 Å². The van der Waals surface area contributed by atoms with E-state index in [1.54, 1.807) is 12.1 Å². The first-order valence-electron chi connectivity index (χ1n) is 6.28. The van der Waals surface area contributed by atoms with Crippen LogP contribution in [0.1, 0.15) is 22.3 Å². The molecule has 0 unspecified atom stereocenters. The first-order valence-corrected chi connectivity index (χ1v) is 6.99. The molecule has 2 aromatic rings. The molecule has 95 valence electrons. The first kappa shape index (κ1) is 13.6. The van der Waals surface area contributed by atoms with Crippen LogP contribution >= 0.6 is 0 Å². The van der Waals surface area contributed by atoms with Gasteiger partial charge in [0.15, 0.2) is 5.78 Å². The zero-order valence-corrected chi connectivity index (χ0v) is 11.6. The fraction of sp³-hybridized carbons (Fsp3) is 0.188. The Morgan fingerprint density at radius 1 is 0.947 bits per heavy atom. The third-order valence-electron chi connectivity index (χ3n) is 2.74. The van der Waals surface area contributed by atoms with E-state index in [1.165, 1.54) is 0 Å². The lowest BCUT2D eigenvalue weighted by atomic mass is 10.0. The van der Waals surface area contributed by atoms with Gasteiger partial charge in [-0.2, -0.15) is 0 Å². The molecular weight excluding hydrogens is 252 g/mol. The standard InChI is InChI=1S/C16H15O2Si/c17-16(13-5-2-1-3-6-13)14-7-9-15(10-8-14)18-11-4-12-19/h1-3,5-10H,4,11-12H2. The molecule has 0 aliphatic carbocycles. The van der Waals surface area contributed by atoms with Crippen LogP contribution in [-0.4, -0.2) is 22.6 Å². The molecule has 0 aliphatic heterocycles. The predicted molar refractivity (Wildman–Crippen MR) is 77.0 cm³/mol. The van der Waals surface area contributed by atoms with Crippen molar-refractivity contribution >= 4 is 16.0 Å². The number of carbonyl (C=O) groups excluding carboxylic acids is 1. The summed E-state index contributed by atoms with van der Waals surface area (Å²) in [5, 5.41) is 0. The second-order valence-corrected chi connectivity index (χ2v) is 4.67. The monoisotopic (exact) mass is 267 g/mol. The molecule has 2 nitrogen and oxygen atoms in total. The minimum absolute atomic E-state index is 0.0345. The van der Waals surface area contributed by atoms with Crippen LogP contribution in [0.2, 0.25) is 6.04 Å². The SMILES string of the molecule is O=C(c1ccccc1)c1ccc(OCCC[Si])cc1. The van der Waals surface area contributed by atoms with E-state index < -0.39 is 0 Å². The first-order chi connectivity index (χ1) is 9.31. The average Bonchev–Trinajstić information content (AvgIpc) is 2.48. The van der Waals surface area contributed by atoms with Crippen molar-refractivity contribution in [3.8, 4) is 5.75 Å². The topological polar surface area (TPSA) is 26.3 Å². The predicted octanol–water partition coefficient (Wildman–Crippen LogP) is 3.27. The maximum absolute atomic E-state index is 12.2. The van der Waals surface area contributed by atoms with Crippen LogP contribution in [0.5, 0.6) is 5.75 Å². The molecule has 0 saturated heterocycles. The molecule has 0 spiro atoms. The van der Waals surface area contributed by atoms with Gasteiger partial charge in [-0.1, -0.05) is 36.4 Å². The fourth-order valence-corrected chi connectivity index (χ4v) is 1.87. The normalized spacial score (nSPS) is 10.2. The number of ketones is 1. The maximum atomic E-state index is 12.2. The Balaban J connectivity index is 2.04. The molecule has 3 radical (unpaired) electrons. The molecule has 0 N–H and O–H groups in total. The van der Waals surface area contributed by atoms with Gasteiger partial charge in [0.1, 0.15) is 5.75 Å². The molecule has 0 heterocycles. The van der Waals surface area contributed by atoms with Crippen LogP contribution in [0.3, 0.4) is 0 Å². The zero-order valence-electron chi connectivity index (χ0n) is 10.6. The van der Waals surface area contributed by atoms with Gasteiger partial charge >= 0.3 is 0 Å². The molecule has 19 heavy (non-hydrogen) atoms. The van der Waals surface area contributed by atoms with Crippen molar-refractivity contribution in [2.45, 2.75) is 12.5 Å². The molecule has 0 atom stereocenters. The maximum Gasteiger partial charge on any atom is 0.193 e. The van der Waals surface area contributed by atoms with Gasteiger partial charge in [0.2, 0.25) is 0 Å². The second kappa shape index (κ2) is 6.90. The summed E-state index contributed by atoms with van der Waals surface area (Å²) in [5.74, 6) is 0.831. The molecule has 0 saturated carbocycles. The van der Waals surface area contributed by atoms with Gasteiger partial charge in [-0.05, 0) is 30.7 Å². The third kappa shape index (κ3) is 3.79. The lowest BCUT2D eigenvalue weighted by molar-refractivity contribution is 0.103. The Morgan fingerprint density at radius 2 is 1.58 bits per heavy atom. The lowest BCUT2D eigenvalue weighted by Crippen LogP contribution is -2.01. The van der Waals surface area contributed by atoms with Crippen LogP contribution in [-0.2, 0) is 0 Å². The van der Waals surface area contributed by atoms with E-state index in [0.29, 0.717) is 17.7 Å². The average molecular weight is 267 g/mol. The van der Waals surface area contributed by atoms with E-state index in [1.807, 2.05) is 42.5 Å². The van der Waals surface area contributed by atoms with Gasteiger partial charge in [0, 0.05) is 21.4 Å². The van der Waals surface area contributed by atoms with E-state index >= 15 is 0 Å². The second-order valence-electron chi connectivity index (χ2n) is 4.17. The molecule has 0 aromatic heterocycles. The van der Waals surface area contributed by atoms with Crippen LogP contribution in [0.25, 0.3) is 0 Å². The van der Waals surface area contributed by atoms with E-state index in [4.69, 9.17) is 4.74 Å². The summed E-state index contributed by atoms with van der Waals surface area (Å²) in [5.41, 5.74) is 1.38. The zero-order chi connectivity index (χ0) is 13.5. The molecule has 0 bridgehead atoms. The number of rotatable bonds is 6. The van der Waals surface area contributed by atoms with Gasteiger partial charge in [-0.3, -0.25) is 4.79 Å². The van der Waals surface area contributed by atoms with Gasteiger partial charge in [-0.25, -0.2) is 0 Å². The van der Waals surface area contributed by atoms with E-state index in [2.05, 4.69) is 10.2 Å². The van der Waals surface area contributed by atoms with Crippen molar-refractivity contribution in [3.05, 3.63) is 65.7 Å². The van der Waals surface area contributed by atoms with Crippen LogP contribution in [0.15, 0.2) is 54.6 Å². The number of carbonyl (C=O) groups is 1.